The van der Waals surface area contributed by atoms with Crippen molar-refractivity contribution < 1.29 is 0 Å². The Balaban J connectivity index is 2.69. The van der Waals surface area contributed by atoms with Crippen molar-refractivity contribution in [2.75, 3.05) is 11.1 Å². The lowest BCUT2D eigenvalue weighted by Crippen LogP contribution is -2.15. The zero-order valence-corrected chi connectivity index (χ0v) is 13.6. The van der Waals surface area contributed by atoms with E-state index in [1.165, 1.54) is 0 Å². The maximum absolute atomic E-state index is 11.5. The number of nitrogens with one attached hydrogen (secondary N) is 1. The van der Waals surface area contributed by atoms with Crippen LogP contribution in [0.15, 0.2) is 16.0 Å². The number of aromatic amines is 1. The predicted molar refractivity (Wildman–Crippen MR) is 81.7 cm³/mol. The number of thioether (sulfide) groups is 1. The monoisotopic (exact) mass is 332 g/mol. The highest BCUT2D eigenvalue weighted by Crippen LogP contribution is 2.22. The summed E-state index contributed by atoms with van der Waals surface area (Å²) in [7, 11) is 0. The largest absolute Gasteiger partial charge is 0.301 e. The van der Waals surface area contributed by atoms with Crippen LogP contribution in [0.1, 0.15) is 32.9 Å². The molecular formula is C13H21BrN2OS. The van der Waals surface area contributed by atoms with Crippen LogP contribution in [0.5, 0.6) is 0 Å². The van der Waals surface area contributed by atoms with E-state index in [2.05, 4.69) is 46.7 Å². The summed E-state index contributed by atoms with van der Waals surface area (Å²) in [5, 5.41) is 1.73. The summed E-state index contributed by atoms with van der Waals surface area (Å²) in [5.74, 6) is 2.19. The fraction of sp³-hybridized carbons (Fsp3) is 0.692. The minimum Gasteiger partial charge on any atom is -0.301 e. The van der Waals surface area contributed by atoms with E-state index >= 15 is 0 Å². The fourth-order valence-corrected chi connectivity index (χ4v) is 4.05. The number of nitrogens with zero attached hydrogens (tertiary/aromatic N) is 1. The lowest BCUT2D eigenvalue weighted by atomic mass is 10.0. The maximum atomic E-state index is 11.5. The minimum absolute atomic E-state index is 0.0455. The number of hydrogen-bond donors (Lipinski definition) is 1. The van der Waals surface area contributed by atoms with Gasteiger partial charge < -0.3 is 4.98 Å². The van der Waals surface area contributed by atoms with Crippen molar-refractivity contribution in [1.82, 2.24) is 9.97 Å². The van der Waals surface area contributed by atoms with Crippen molar-refractivity contribution >= 4 is 27.7 Å². The van der Waals surface area contributed by atoms with Crippen molar-refractivity contribution in [3.8, 4) is 0 Å². The Morgan fingerprint density at radius 3 is 2.78 bits per heavy atom. The van der Waals surface area contributed by atoms with Crippen LogP contribution < -0.4 is 5.56 Å². The molecule has 0 aliphatic carbocycles. The highest BCUT2D eigenvalue weighted by molar-refractivity contribution is 9.09. The zero-order chi connectivity index (χ0) is 13.5. The van der Waals surface area contributed by atoms with Crippen molar-refractivity contribution in [3.63, 3.8) is 0 Å². The van der Waals surface area contributed by atoms with E-state index in [0.717, 1.165) is 34.8 Å². The molecule has 0 bridgehead atoms. The number of alkyl halides is 1. The Bertz CT molecular complexity index is 420. The van der Waals surface area contributed by atoms with Crippen LogP contribution in [0.4, 0.5) is 0 Å². The Morgan fingerprint density at radius 2 is 2.22 bits per heavy atom. The van der Waals surface area contributed by atoms with E-state index in [1.54, 1.807) is 17.8 Å². The van der Waals surface area contributed by atoms with E-state index in [1.807, 2.05) is 0 Å². The fourth-order valence-electron chi connectivity index (χ4n) is 1.54. The van der Waals surface area contributed by atoms with Crippen molar-refractivity contribution in [3.05, 3.63) is 22.1 Å². The highest BCUT2D eigenvalue weighted by atomic mass is 79.9. The van der Waals surface area contributed by atoms with Gasteiger partial charge in [-0.05, 0) is 18.3 Å². The lowest BCUT2D eigenvalue weighted by molar-refractivity contribution is 0.474. The molecular weight excluding hydrogens is 312 g/mol. The summed E-state index contributed by atoms with van der Waals surface area (Å²) < 4.78 is 0. The van der Waals surface area contributed by atoms with Gasteiger partial charge in [0.25, 0.3) is 5.56 Å². The van der Waals surface area contributed by atoms with E-state index in [-0.39, 0.29) is 5.56 Å². The van der Waals surface area contributed by atoms with E-state index < -0.39 is 0 Å². The molecule has 1 unspecified atom stereocenters. The van der Waals surface area contributed by atoms with Gasteiger partial charge in [-0.2, -0.15) is 0 Å². The maximum Gasteiger partial charge on any atom is 0.251 e. The Morgan fingerprint density at radius 1 is 1.50 bits per heavy atom. The topological polar surface area (TPSA) is 45.8 Å². The molecule has 1 heterocycles. The summed E-state index contributed by atoms with van der Waals surface area (Å²) in [6.07, 6.45) is 1.88. The van der Waals surface area contributed by atoms with E-state index in [4.69, 9.17) is 0 Å². The van der Waals surface area contributed by atoms with Gasteiger partial charge in [0.2, 0.25) is 0 Å². The van der Waals surface area contributed by atoms with Gasteiger partial charge in [-0.1, -0.05) is 54.9 Å². The smallest absolute Gasteiger partial charge is 0.251 e. The van der Waals surface area contributed by atoms with Gasteiger partial charge in [0.1, 0.15) is 0 Å². The number of aromatic nitrogens is 2. The second-order valence-electron chi connectivity index (χ2n) is 4.76. The summed E-state index contributed by atoms with van der Waals surface area (Å²) in [5.41, 5.74) is 0.847. The molecule has 1 N–H and O–H groups in total. The quantitative estimate of drug-likeness (QED) is 0.472. The highest BCUT2D eigenvalue weighted by Gasteiger charge is 2.13. The van der Waals surface area contributed by atoms with Gasteiger partial charge in [-0.3, -0.25) is 4.79 Å². The second-order valence-corrected chi connectivity index (χ2v) is 6.42. The van der Waals surface area contributed by atoms with Gasteiger partial charge in [-0.15, -0.1) is 0 Å². The zero-order valence-electron chi connectivity index (χ0n) is 11.2. The van der Waals surface area contributed by atoms with Gasteiger partial charge in [0, 0.05) is 22.8 Å². The first-order chi connectivity index (χ1) is 8.56. The molecule has 0 saturated heterocycles. The van der Waals surface area contributed by atoms with Crippen LogP contribution in [0.2, 0.25) is 0 Å². The third kappa shape index (κ3) is 5.14. The van der Waals surface area contributed by atoms with Gasteiger partial charge >= 0.3 is 0 Å². The molecule has 0 aliphatic rings. The first-order valence-electron chi connectivity index (χ1n) is 6.35. The van der Waals surface area contributed by atoms with Crippen molar-refractivity contribution in [2.24, 2.45) is 11.8 Å². The Hall–Kier alpha value is -0.290. The number of rotatable bonds is 7. The van der Waals surface area contributed by atoms with E-state index in [0.29, 0.717) is 11.8 Å². The summed E-state index contributed by atoms with van der Waals surface area (Å²) in [6, 6.07) is 1.60. The normalized spacial score (nSPS) is 12.9. The molecule has 0 fully saturated rings. The Labute approximate surface area is 121 Å². The molecule has 0 radical (unpaired) electrons. The van der Waals surface area contributed by atoms with Crippen LogP contribution in [-0.4, -0.2) is 21.1 Å². The number of hydrogen-bond acceptors (Lipinski definition) is 3. The third-order valence-corrected chi connectivity index (χ3v) is 4.75. The molecule has 0 saturated carbocycles. The SMILES string of the molecule is CCCc1cc(=O)[nH]c(SCC(CBr)C(C)C)n1. The second kappa shape index (κ2) is 8.00. The molecule has 3 nitrogen and oxygen atoms in total. The lowest BCUT2D eigenvalue weighted by Gasteiger charge is -2.17. The molecule has 1 atom stereocenters. The van der Waals surface area contributed by atoms with Crippen LogP contribution in [0, 0.1) is 11.8 Å². The van der Waals surface area contributed by atoms with Crippen LogP contribution in [0.3, 0.4) is 0 Å². The average molecular weight is 333 g/mol. The number of aryl methyl sites for hydroxylation is 1. The first kappa shape index (κ1) is 15.8. The van der Waals surface area contributed by atoms with Crippen molar-refractivity contribution in [2.45, 2.75) is 38.8 Å². The predicted octanol–water partition coefficient (Wildman–Crippen LogP) is 3.48. The summed E-state index contributed by atoms with van der Waals surface area (Å²) >= 11 is 5.18. The van der Waals surface area contributed by atoms with Gasteiger partial charge in [-0.25, -0.2) is 4.98 Å². The van der Waals surface area contributed by atoms with Gasteiger partial charge in [0.15, 0.2) is 5.16 Å². The van der Waals surface area contributed by atoms with Crippen molar-refractivity contribution in [1.29, 1.82) is 0 Å². The molecule has 0 amide bonds. The summed E-state index contributed by atoms with van der Waals surface area (Å²) in [6.45, 7) is 6.53. The summed E-state index contributed by atoms with van der Waals surface area (Å²) in [4.78, 5) is 18.8. The molecule has 102 valence electrons. The Kier molecular flexibility index (Phi) is 7.00. The molecule has 1 rings (SSSR count). The van der Waals surface area contributed by atoms with Gasteiger partial charge in [0.05, 0.1) is 0 Å². The molecule has 0 aromatic carbocycles. The van der Waals surface area contributed by atoms with Crippen LogP contribution >= 0.6 is 27.7 Å². The molecule has 0 spiro atoms. The van der Waals surface area contributed by atoms with E-state index in [9.17, 15) is 4.79 Å². The van der Waals surface area contributed by atoms with Crippen LogP contribution in [0.25, 0.3) is 0 Å². The third-order valence-electron chi connectivity index (χ3n) is 2.85. The molecule has 0 aliphatic heterocycles. The molecule has 18 heavy (non-hydrogen) atoms. The van der Waals surface area contributed by atoms with Crippen LogP contribution in [-0.2, 0) is 6.42 Å². The average Bonchev–Trinajstić information content (AvgIpc) is 2.29. The standard InChI is InChI=1S/C13H21BrN2OS/c1-4-5-11-6-12(17)16-13(15-11)18-8-10(7-14)9(2)3/h6,9-10H,4-5,7-8H2,1-3H3,(H,15,16,17). The number of halogens is 1. The molecule has 1 aromatic heterocycles. The molecule has 5 heteroatoms. The minimum atomic E-state index is -0.0455. The molecule has 1 aromatic rings. The number of H-pyrrole nitrogens is 1. The first-order valence-corrected chi connectivity index (χ1v) is 8.46.